The Kier molecular flexibility index (Phi) is 6.51. The number of nitrogens with one attached hydrogen (secondary N) is 1. The van der Waals surface area contributed by atoms with E-state index in [1.165, 1.54) is 19.2 Å². The minimum absolute atomic E-state index is 0.0285. The fourth-order valence-corrected chi connectivity index (χ4v) is 1.57. The summed E-state index contributed by atoms with van der Waals surface area (Å²) in [5.74, 6) is -1.85. The molecule has 0 heterocycles. The largest absolute Gasteiger partial charge is 0.493 e. The van der Waals surface area contributed by atoms with Crippen LogP contribution in [0.3, 0.4) is 0 Å². The molecule has 7 nitrogen and oxygen atoms in total. The Hall–Kier alpha value is -2.42. The van der Waals surface area contributed by atoms with Gasteiger partial charge in [0.2, 0.25) is 0 Å². The molecule has 0 aliphatic rings. The van der Waals surface area contributed by atoms with Crippen molar-refractivity contribution in [3.63, 3.8) is 0 Å². The predicted octanol–water partition coefficient (Wildman–Crippen LogP) is 0.560. The van der Waals surface area contributed by atoms with Gasteiger partial charge in [0.25, 0.3) is 5.91 Å². The van der Waals surface area contributed by atoms with E-state index in [1.807, 2.05) is 0 Å². The highest BCUT2D eigenvalue weighted by Gasteiger charge is 2.22. The lowest BCUT2D eigenvalue weighted by atomic mass is 10.1. The summed E-state index contributed by atoms with van der Waals surface area (Å²) in [6, 6.07) is 2.27. The second-order valence-corrected chi connectivity index (χ2v) is 3.98. The number of esters is 1. The number of methoxy groups -OCH3 is 2. The number of benzene rings is 1. The van der Waals surface area contributed by atoms with Crippen LogP contribution in [0.1, 0.15) is 10.4 Å². The first-order valence-corrected chi connectivity index (χ1v) is 6.05. The topological polar surface area (TPSA) is 94.1 Å². The molecule has 2 N–H and O–H groups in total. The van der Waals surface area contributed by atoms with E-state index >= 15 is 0 Å². The van der Waals surface area contributed by atoms with Crippen LogP contribution in [0.2, 0.25) is 0 Å². The zero-order valence-electron chi connectivity index (χ0n) is 11.8. The number of hydrogen-bond donors (Lipinski definition) is 2. The molecule has 0 aliphatic heterocycles. The van der Waals surface area contributed by atoms with Gasteiger partial charge in [-0.15, -0.1) is 0 Å². The van der Waals surface area contributed by atoms with E-state index in [2.05, 4.69) is 14.8 Å². The lowest BCUT2D eigenvalue weighted by molar-refractivity contribution is -0.143. The van der Waals surface area contributed by atoms with Crippen molar-refractivity contribution < 1.29 is 37.7 Å². The minimum Gasteiger partial charge on any atom is -0.493 e. The molecule has 1 aromatic carbocycles. The second-order valence-electron chi connectivity index (χ2n) is 3.98. The number of rotatable bonds is 7. The Bertz CT molecular complexity index is 537. The number of ether oxygens (including phenoxy) is 3. The molecular formula is C13H15F2NO6. The lowest BCUT2D eigenvalue weighted by Gasteiger charge is -2.15. The molecule has 0 aliphatic carbocycles. The minimum atomic E-state index is -3.04. The number of aliphatic hydroxyl groups excluding tert-OH is 1. The predicted molar refractivity (Wildman–Crippen MR) is 70.0 cm³/mol. The summed E-state index contributed by atoms with van der Waals surface area (Å²) < 4.78 is 37.9. The highest BCUT2D eigenvalue weighted by Crippen LogP contribution is 2.29. The zero-order valence-corrected chi connectivity index (χ0v) is 11.8. The van der Waals surface area contributed by atoms with Gasteiger partial charge in [-0.1, -0.05) is 0 Å². The van der Waals surface area contributed by atoms with E-state index in [1.54, 1.807) is 0 Å². The normalized spacial score (nSPS) is 11.7. The number of carbonyl (C=O) groups excluding carboxylic acids is 2. The highest BCUT2D eigenvalue weighted by molar-refractivity contribution is 5.97. The maximum absolute atomic E-state index is 12.2. The Labute approximate surface area is 124 Å². The van der Waals surface area contributed by atoms with E-state index in [0.29, 0.717) is 0 Å². The summed E-state index contributed by atoms with van der Waals surface area (Å²) in [5, 5.41) is 11.3. The monoisotopic (exact) mass is 319 g/mol. The first kappa shape index (κ1) is 17.6. The van der Waals surface area contributed by atoms with Gasteiger partial charge in [0.15, 0.2) is 17.5 Å². The molecule has 122 valence electrons. The van der Waals surface area contributed by atoms with Gasteiger partial charge in [-0.05, 0) is 18.2 Å². The van der Waals surface area contributed by atoms with Crippen LogP contribution in [-0.4, -0.2) is 50.5 Å². The summed E-state index contributed by atoms with van der Waals surface area (Å²) in [7, 11) is 2.33. The average molecular weight is 319 g/mol. The molecule has 9 heteroatoms. The van der Waals surface area contributed by atoms with Crippen LogP contribution >= 0.6 is 0 Å². The van der Waals surface area contributed by atoms with Gasteiger partial charge < -0.3 is 24.6 Å². The first-order valence-electron chi connectivity index (χ1n) is 6.05. The molecule has 0 spiro atoms. The quantitative estimate of drug-likeness (QED) is 0.713. The Morgan fingerprint density at radius 2 is 1.95 bits per heavy atom. The fraction of sp³-hybridized carbons (Fsp3) is 0.385. The van der Waals surface area contributed by atoms with Crippen LogP contribution in [0.5, 0.6) is 11.5 Å². The van der Waals surface area contributed by atoms with Crippen molar-refractivity contribution in [2.75, 3.05) is 20.8 Å². The van der Waals surface area contributed by atoms with Gasteiger partial charge >= 0.3 is 12.6 Å². The van der Waals surface area contributed by atoms with Crippen LogP contribution in [0.25, 0.3) is 0 Å². The van der Waals surface area contributed by atoms with E-state index < -0.39 is 31.1 Å². The molecule has 0 saturated heterocycles. The summed E-state index contributed by atoms with van der Waals surface area (Å²) >= 11 is 0. The molecule has 0 bridgehead atoms. The number of carbonyl (C=O) groups is 2. The molecule has 0 fully saturated rings. The van der Waals surface area contributed by atoms with E-state index in [4.69, 9.17) is 9.84 Å². The maximum atomic E-state index is 12.2. The van der Waals surface area contributed by atoms with Crippen molar-refractivity contribution >= 4 is 11.9 Å². The molecule has 1 aromatic rings. The third-order valence-electron chi connectivity index (χ3n) is 2.62. The molecule has 1 atom stereocenters. The fourth-order valence-electron chi connectivity index (χ4n) is 1.57. The van der Waals surface area contributed by atoms with Gasteiger partial charge in [-0.2, -0.15) is 8.78 Å². The molecule has 0 aromatic heterocycles. The first-order chi connectivity index (χ1) is 10.4. The summed E-state index contributed by atoms with van der Waals surface area (Å²) in [4.78, 5) is 23.2. The SMILES string of the molecule is COC(=O)[C@@H](CO)NC(=O)c1ccc(OC(F)F)c(OC)c1. The van der Waals surface area contributed by atoms with Gasteiger partial charge in [0.1, 0.15) is 0 Å². The molecule has 0 radical (unpaired) electrons. The van der Waals surface area contributed by atoms with Crippen LogP contribution in [0.4, 0.5) is 8.78 Å². The maximum Gasteiger partial charge on any atom is 0.387 e. The Morgan fingerprint density at radius 1 is 1.27 bits per heavy atom. The van der Waals surface area contributed by atoms with Gasteiger partial charge in [-0.3, -0.25) is 4.79 Å². The van der Waals surface area contributed by atoms with Crippen LogP contribution in [0.15, 0.2) is 18.2 Å². The Morgan fingerprint density at radius 3 is 2.45 bits per heavy atom. The van der Waals surface area contributed by atoms with Crippen molar-refractivity contribution in [1.29, 1.82) is 0 Å². The molecular weight excluding hydrogens is 304 g/mol. The molecule has 0 unspecified atom stereocenters. The number of amides is 1. The van der Waals surface area contributed by atoms with Gasteiger partial charge in [0.05, 0.1) is 20.8 Å². The molecule has 1 amide bonds. The zero-order chi connectivity index (χ0) is 16.7. The molecule has 22 heavy (non-hydrogen) atoms. The van der Waals surface area contributed by atoms with Crippen molar-refractivity contribution in [3.8, 4) is 11.5 Å². The number of alkyl halides is 2. The van der Waals surface area contributed by atoms with E-state index in [9.17, 15) is 18.4 Å². The lowest BCUT2D eigenvalue weighted by Crippen LogP contribution is -2.44. The summed E-state index contributed by atoms with van der Waals surface area (Å²) in [6.45, 7) is -3.69. The van der Waals surface area contributed by atoms with Crippen LogP contribution in [-0.2, 0) is 9.53 Å². The Balaban J connectivity index is 2.92. The van der Waals surface area contributed by atoms with Crippen molar-refractivity contribution in [1.82, 2.24) is 5.32 Å². The number of hydrogen-bond acceptors (Lipinski definition) is 6. The van der Waals surface area contributed by atoms with Crippen LogP contribution < -0.4 is 14.8 Å². The third kappa shape index (κ3) is 4.55. The van der Waals surface area contributed by atoms with E-state index in [-0.39, 0.29) is 17.1 Å². The average Bonchev–Trinajstić information content (AvgIpc) is 2.51. The summed E-state index contributed by atoms with van der Waals surface area (Å²) in [6.07, 6.45) is 0. The standard InChI is InChI=1S/C13H15F2NO6/c1-20-10-5-7(3-4-9(10)22-13(14)15)11(18)16-8(6-17)12(19)21-2/h3-5,8,13,17H,6H2,1-2H3,(H,16,18)/t8-/m1/s1. The highest BCUT2D eigenvalue weighted by atomic mass is 19.3. The smallest absolute Gasteiger partial charge is 0.387 e. The number of aliphatic hydroxyl groups is 1. The van der Waals surface area contributed by atoms with Crippen LogP contribution in [0, 0.1) is 0 Å². The second kappa shape index (κ2) is 8.13. The van der Waals surface area contributed by atoms with Gasteiger partial charge in [0, 0.05) is 5.56 Å². The van der Waals surface area contributed by atoms with Crippen molar-refractivity contribution in [2.24, 2.45) is 0 Å². The molecule has 1 rings (SSSR count). The number of halogens is 2. The van der Waals surface area contributed by atoms with E-state index in [0.717, 1.165) is 13.2 Å². The van der Waals surface area contributed by atoms with Gasteiger partial charge in [-0.25, -0.2) is 4.79 Å². The summed E-state index contributed by atoms with van der Waals surface area (Å²) in [5.41, 5.74) is 0.0285. The van der Waals surface area contributed by atoms with Crippen molar-refractivity contribution in [2.45, 2.75) is 12.7 Å². The molecule has 0 saturated carbocycles. The van der Waals surface area contributed by atoms with Crippen molar-refractivity contribution in [3.05, 3.63) is 23.8 Å². The third-order valence-corrected chi connectivity index (χ3v) is 2.62.